The number of rotatable bonds is 2. The van der Waals surface area contributed by atoms with Gasteiger partial charge < -0.3 is 4.90 Å². The SMILES string of the molecule is CC(=O)N1CC[C@@]2(CCCN(Cc3cccc(F)c3F)C2)C1. The third-order valence-corrected chi connectivity index (χ3v) is 5.05. The molecule has 120 valence electrons. The summed E-state index contributed by atoms with van der Waals surface area (Å²) >= 11 is 0. The van der Waals surface area contributed by atoms with Crippen LogP contribution in [0, 0.1) is 17.0 Å². The first kappa shape index (κ1) is 15.4. The highest BCUT2D eigenvalue weighted by Gasteiger charge is 2.42. The molecule has 2 heterocycles. The van der Waals surface area contributed by atoms with E-state index in [1.807, 2.05) is 4.90 Å². The molecule has 2 saturated heterocycles. The lowest BCUT2D eigenvalue weighted by atomic mass is 9.79. The molecule has 1 aromatic rings. The van der Waals surface area contributed by atoms with Gasteiger partial charge in [-0.05, 0) is 31.9 Å². The molecule has 0 aromatic heterocycles. The van der Waals surface area contributed by atoms with Crippen molar-refractivity contribution in [3.05, 3.63) is 35.4 Å². The summed E-state index contributed by atoms with van der Waals surface area (Å²) in [5, 5.41) is 0. The van der Waals surface area contributed by atoms with Gasteiger partial charge in [0.15, 0.2) is 11.6 Å². The van der Waals surface area contributed by atoms with Crippen LogP contribution in [0.1, 0.15) is 31.7 Å². The summed E-state index contributed by atoms with van der Waals surface area (Å²) in [5.41, 5.74) is 0.548. The van der Waals surface area contributed by atoms with E-state index in [1.54, 1.807) is 19.1 Å². The van der Waals surface area contributed by atoms with Gasteiger partial charge >= 0.3 is 0 Å². The van der Waals surface area contributed by atoms with E-state index in [9.17, 15) is 13.6 Å². The number of carbonyl (C=O) groups excluding carboxylic acids is 1. The molecule has 0 radical (unpaired) electrons. The molecule has 1 atom stereocenters. The molecule has 1 aromatic carbocycles. The Hall–Kier alpha value is -1.49. The minimum Gasteiger partial charge on any atom is -0.342 e. The Morgan fingerprint density at radius 3 is 2.77 bits per heavy atom. The summed E-state index contributed by atoms with van der Waals surface area (Å²) in [7, 11) is 0. The molecule has 2 fully saturated rings. The Bertz CT molecular complexity index is 578. The van der Waals surface area contributed by atoms with Gasteiger partial charge in [-0.2, -0.15) is 0 Å². The van der Waals surface area contributed by atoms with E-state index in [2.05, 4.69) is 4.90 Å². The molecule has 22 heavy (non-hydrogen) atoms. The standard InChI is InChI=1S/C17H22F2N2O/c1-13(22)21-9-7-17(12-21)6-3-8-20(11-17)10-14-4-2-5-15(18)16(14)19/h2,4-5H,3,6-12H2,1H3/t17-/m1/s1. The zero-order valence-corrected chi connectivity index (χ0v) is 12.9. The summed E-state index contributed by atoms with van der Waals surface area (Å²) in [6.07, 6.45) is 3.16. The fraction of sp³-hybridized carbons (Fsp3) is 0.588. The summed E-state index contributed by atoms with van der Waals surface area (Å²) in [6, 6.07) is 4.36. The predicted octanol–water partition coefficient (Wildman–Crippen LogP) is 2.80. The van der Waals surface area contributed by atoms with Gasteiger partial charge in [-0.15, -0.1) is 0 Å². The van der Waals surface area contributed by atoms with Crippen LogP contribution in [0.3, 0.4) is 0 Å². The topological polar surface area (TPSA) is 23.6 Å². The van der Waals surface area contributed by atoms with Crippen LogP contribution in [0.4, 0.5) is 8.78 Å². The van der Waals surface area contributed by atoms with Crippen LogP contribution in [0.15, 0.2) is 18.2 Å². The lowest BCUT2D eigenvalue weighted by molar-refractivity contribution is -0.128. The maximum Gasteiger partial charge on any atom is 0.219 e. The summed E-state index contributed by atoms with van der Waals surface area (Å²) in [5.74, 6) is -1.39. The molecule has 2 aliphatic rings. The fourth-order valence-electron chi connectivity index (χ4n) is 3.89. The van der Waals surface area contributed by atoms with E-state index >= 15 is 0 Å². The van der Waals surface area contributed by atoms with Crippen LogP contribution in [0.2, 0.25) is 0 Å². The molecule has 0 saturated carbocycles. The van der Waals surface area contributed by atoms with E-state index in [-0.39, 0.29) is 11.3 Å². The molecule has 0 N–H and O–H groups in total. The zero-order chi connectivity index (χ0) is 15.7. The largest absolute Gasteiger partial charge is 0.342 e. The van der Waals surface area contributed by atoms with Crippen LogP contribution >= 0.6 is 0 Å². The zero-order valence-electron chi connectivity index (χ0n) is 12.9. The molecule has 2 aliphatic heterocycles. The van der Waals surface area contributed by atoms with E-state index in [0.29, 0.717) is 12.1 Å². The van der Waals surface area contributed by atoms with E-state index < -0.39 is 11.6 Å². The highest BCUT2D eigenvalue weighted by Crippen LogP contribution is 2.39. The van der Waals surface area contributed by atoms with Crippen LogP contribution in [0.25, 0.3) is 0 Å². The second-order valence-corrected chi connectivity index (χ2v) is 6.72. The molecule has 1 amide bonds. The van der Waals surface area contributed by atoms with Crippen LogP contribution < -0.4 is 0 Å². The van der Waals surface area contributed by atoms with Crippen molar-refractivity contribution in [1.29, 1.82) is 0 Å². The van der Waals surface area contributed by atoms with Gasteiger partial charge in [-0.1, -0.05) is 12.1 Å². The van der Waals surface area contributed by atoms with Crippen molar-refractivity contribution in [2.45, 2.75) is 32.7 Å². The van der Waals surface area contributed by atoms with Gasteiger partial charge in [0.25, 0.3) is 0 Å². The minimum absolute atomic E-state index is 0.130. The first-order valence-electron chi connectivity index (χ1n) is 7.90. The molecule has 0 aliphatic carbocycles. The lowest BCUT2D eigenvalue weighted by Gasteiger charge is -2.40. The first-order chi connectivity index (χ1) is 10.5. The van der Waals surface area contributed by atoms with Crippen LogP contribution in [-0.4, -0.2) is 41.9 Å². The highest BCUT2D eigenvalue weighted by molar-refractivity contribution is 5.73. The maximum absolute atomic E-state index is 13.8. The normalized spacial score (nSPS) is 25.9. The van der Waals surface area contributed by atoms with Gasteiger partial charge in [0.05, 0.1) is 0 Å². The van der Waals surface area contributed by atoms with Gasteiger partial charge in [0.1, 0.15) is 0 Å². The quantitative estimate of drug-likeness (QED) is 0.839. The average Bonchev–Trinajstić information content (AvgIpc) is 2.88. The molecule has 5 heteroatoms. The number of nitrogens with zero attached hydrogens (tertiary/aromatic N) is 2. The van der Waals surface area contributed by atoms with E-state index in [4.69, 9.17) is 0 Å². The van der Waals surface area contributed by atoms with Crippen molar-refractivity contribution in [2.75, 3.05) is 26.2 Å². The third-order valence-electron chi connectivity index (χ3n) is 5.05. The van der Waals surface area contributed by atoms with Crippen molar-refractivity contribution in [3.8, 4) is 0 Å². The van der Waals surface area contributed by atoms with Crippen LogP contribution in [0.5, 0.6) is 0 Å². The molecule has 0 unspecified atom stereocenters. The average molecular weight is 308 g/mol. The monoisotopic (exact) mass is 308 g/mol. The molecule has 3 rings (SSSR count). The van der Waals surface area contributed by atoms with E-state index in [1.165, 1.54) is 0 Å². The Morgan fingerprint density at radius 2 is 2.05 bits per heavy atom. The maximum atomic E-state index is 13.8. The summed E-state index contributed by atoms with van der Waals surface area (Å²) < 4.78 is 27.2. The minimum atomic E-state index is -0.784. The van der Waals surface area contributed by atoms with Crippen molar-refractivity contribution >= 4 is 5.91 Å². The summed E-state index contributed by atoms with van der Waals surface area (Å²) in [4.78, 5) is 15.7. The second kappa shape index (κ2) is 5.95. The molecular weight excluding hydrogens is 286 g/mol. The summed E-state index contributed by atoms with van der Waals surface area (Å²) in [6.45, 7) is 5.42. The number of carbonyl (C=O) groups is 1. The first-order valence-corrected chi connectivity index (χ1v) is 7.90. The van der Waals surface area contributed by atoms with Crippen molar-refractivity contribution in [1.82, 2.24) is 9.80 Å². The number of likely N-dealkylation sites (tertiary alicyclic amines) is 2. The molecule has 1 spiro atoms. The lowest BCUT2D eigenvalue weighted by Crippen LogP contribution is -2.44. The van der Waals surface area contributed by atoms with E-state index in [0.717, 1.165) is 51.5 Å². The van der Waals surface area contributed by atoms with Gasteiger partial charge in [-0.25, -0.2) is 8.78 Å². The predicted molar refractivity (Wildman–Crippen MR) is 80.2 cm³/mol. The van der Waals surface area contributed by atoms with Gasteiger partial charge in [-0.3, -0.25) is 9.69 Å². The van der Waals surface area contributed by atoms with Crippen molar-refractivity contribution in [3.63, 3.8) is 0 Å². The Kier molecular flexibility index (Phi) is 4.17. The number of amides is 1. The van der Waals surface area contributed by atoms with Gasteiger partial charge in [0.2, 0.25) is 5.91 Å². The number of piperidine rings is 1. The van der Waals surface area contributed by atoms with Crippen LogP contribution in [-0.2, 0) is 11.3 Å². The van der Waals surface area contributed by atoms with Crippen molar-refractivity contribution in [2.24, 2.45) is 5.41 Å². The Morgan fingerprint density at radius 1 is 1.23 bits per heavy atom. The molecular formula is C17H22F2N2O. The molecule has 3 nitrogen and oxygen atoms in total. The van der Waals surface area contributed by atoms with Gasteiger partial charge in [0, 0.05) is 44.1 Å². The Labute approximate surface area is 129 Å². The third kappa shape index (κ3) is 3.00. The second-order valence-electron chi connectivity index (χ2n) is 6.72. The fourth-order valence-corrected chi connectivity index (χ4v) is 3.89. The molecule has 0 bridgehead atoms. The number of hydrogen-bond acceptors (Lipinski definition) is 2. The number of benzene rings is 1. The number of halogens is 2. The smallest absolute Gasteiger partial charge is 0.219 e. The Balaban J connectivity index is 1.69. The van der Waals surface area contributed by atoms with Crippen molar-refractivity contribution < 1.29 is 13.6 Å². The number of hydrogen-bond donors (Lipinski definition) is 0. The highest BCUT2D eigenvalue weighted by atomic mass is 19.2.